The molecule has 0 radical (unpaired) electrons. The molecule has 0 bridgehead atoms. The Morgan fingerprint density at radius 1 is 1.08 bits per heavy atom. The molecule has 4 rings (SSSR count). The molecule has 3 aromatic rings. The molecule has 6 heteroatoms. The highest BCUT2D eigenvalue weighted by Crippen LogP contribution is 2.26. The average Bonchev–Trinajstić information content (AvgIpc) is 2.65. The van der Waals surface area contributed by atoms with Crippen LogP contribution in [0.25, 0.3) is 10.9 Å². The van der Waals surface area contributed by atoms with Gasteiger partial charge >= 0.3 is 0 Å². The molecule has 134 valence electrons. The van der Waals surface area contributed by atoms with E-state index in [1.165, 1.54) is 11.6 Å². The number of nitrogens with zero attached hydrogens (tertiary/aromatic N) is 4. The van der Waals surface area contributed by atoms with Gasteiger partial charge in [-0.25, -0.2) is 14.4 Å². The molecular weight excluding hydrogens is 351 g/mol. The molecule has 0 aliphatic carbocycles. The van der Waals surface area contributed by atoms with Crippen molar-refractivity contribution >= 4 is 28.3 Å². The highest BCUT2D eigenvalue weighted by atomic mass is 35.5. The van der Waals surface area contributed by atoms with Crippen molar-refractivity contribution in [3.05, 3.63) is 64.7 Å². The highest BCUT2D eigenvalue weighted by molar-refractivity contribution is 6.31. The lowest BCUT2D eigenvalue weighted by Gasteiger charge is -2.36. The maximum absolute atomic E-state index is 14.0. The molecule has 0 spiro atoms. The zero-order valence-electron chi connectivity index (χ0n) is 14.6. The Morgan fingerprint density at radius 2 is 1.88 bits per heavy atom. The lowest BCUT2D eigenvalue weighted by atomic mass is 10.1. The van der Waals surface area contributed by atoms with Crippen molar-refractivity contribution < 1.29 is 4.39 Å². The number of fused-ring (bicyclic) bond motifs is 1. The van der Waals surface area contributed by atoms with Crippen LogP contribution in [0.15, 0.2) is 42.7 Å². The molecule has 0 atom stereocenters. The van der Waals surface area contributed by atoms with Crippen LogP contribution in [0.4, 0.5) is 10.2 Å². The van der Waals surface area contributed by atoms with E-state index in [9.17, 15) is 4.39 Å². The van der Waals surface area contributed by atoms with Crippen molar-refractivity contribution in [2.75, 3.05) is 31.1 Å². The molecule has 1 aliphatic heterocycles. The number of halogens is 2. The first-order valence-corrected chi connectivity index (χ1v) is 9.11. The van der Waals surface area contributed by atoms with Crippen LogP contribution in [0.2, 0.25) is 5.02 Å². The third kappa shape index (κ3) is 3.37. The topological polar surface area (TPSA) is 32.3 Å². The van der Waals surface area contributed by atoms with Gasteiger partial charge in [-0.2, -0.15) is 0 Å². The fraction of sp³-hybridized carbons (Fsp3) is 0.300. The summed E-state index contributed by atoms with van der Waals surface area (Å²) < 4.78 is 14.0. The van der Waals surface area contributed by atoms with E-state index in [0.29, 0.717) is 17.1 Å². The molecule has 4 nitrogen and oxygen atoms in total. The third-order valence-electron chi connectivity index (χ3n) is 4.89. The maximum Gasteiger partial charge on any atom is 0.139 e. The molecule has 1 fully saturated rings. The van der Waals surface area contributed by atoms with Crippen LogP contribution in [-0.4, -0.2) is 41.0 Å². The fourth-order valence-corrected chi connectivity index (χ4v) is 3.66. The van der Waals surface area contributed by atoms with Gasteiger partial charge in [-0.1, -0.05) is 29.3 Å². The molecule has 2 heterocycles. The molecule has 0 amide bonds. The summed E-state index contributed by atoms with van der Waals surface area (Å²) in [4.78, 5) is 13.4. The minimum absolute atomic E-state index is 0.239. The lowest BCUT2D eigenvalue weighted by Crippen LogP contribution is -2.46. The second-order valence-electron chi connectivity index (χ2n) is 6.68. The van der Waals surface area contributed by atoms with Crippen molar-refractivity contribution in [1.29, 1.82) is 0 Å². The van der Waals surface area contributed by atoms with Crippen LogP contribution in [0.5, 0.6) is 0 Å². The van der Waals surface area contributed by atoms with Gasteiger partial charge in [-0.3, -0.25) is 4.90 Å². The van der Waals surface area contributed by atoms with E-state index >= 15 is 0 Å². The first-order chi connectivity index (χ1) is 12.6. The Balaban J connectivity index is 1.50. The van der Waals surface area contributed by atoms with Crippen molar-refractivity contribution in [2.24, 2.45) is 0 Å². The predicted octanol–water partition coefficient (Wildman–Crippen LogP) is 4.05. The normalized spacial score (nSPS) is 15.6. The van der Waals surface area contributed by atoms with Crippen LogP contribution in [0.3, 0.4) is 0 Å². The number of aryl methyl sites for hydroxylation is 1. The molecule has 2 aromatic carbocycles. The quantitative estimate of drug-likeness (QED) is 0.696. The second-order valence-corrected chi connectivity index (χ2v) is 7.09. The van der Waals surface area contributed by atoms with Crippen LogP contribution in [0.1, 0.15) is 11.1 Å². The molecule has 1 aliphatic rings. The van der Waals surface area contributed by atoms with Gasteiger partial charge in [0.15, 0.2) is 0 Å². The molecular formula is C20H20ClFN4. The number of anilines is 1. The van der Waals surface area contributed by atoms with Gasteiger partial charge in [0.05, 0.1) is 5.52 Å². The number of piperazine rings is 1. The summed E-state index contributed by atoms with van der Waals surface area (Å²) in [6.45, 7) is 5.96. The number of hydrogen-bond donors (Lipinski definition) is 0. The molecule has 1 saturated heterocycles. The van der Waals surface area contributed by atoms with Crippen LogP contribution >= 0.6 is 11.6 Å². The van der Waals surface area contributed by atoms with E-state index < -0.39 is 0 Å². The molecule has 0 saturated carbocycles. The first-order valence-electron chi connectivity index (χ1n) is 8.73. The summed E-state index contributed by atoms with van der Waals surface area (Å²) in [6.07, 6.45) is 1.62. The first kappa shape index (κ1) is 17.2. The second kappa shape index (κ2) is 7.17. The summed E-state index contributed by atoms with van der Waals surface area (Å²) in [5, 5.41) is 1.57. The third-order valence-corrected chi connectivity index (χ3v) is 5.24. The number of hydrogen-bond acceptors (Lipinski definition) is 4. The Kier molecular flexibility index (Phi) is 4.74. The van der Waals surface area contributed by atoms with Gasteiger partial charge in [0.25, 0.3) is 0 Å². The summed E-state index contributed by atoms with van der Waals surface area (Å²) in [7, 11) is 0. The summed E-state index contributed by atoms with van der Waals surface area (Å²) >= 11 is 6.16. The maximum atomic E-state index is 14.0. The monoisotopic (exact) mass is 370 g/mol. The molecule has 0 unspecified atom stereocenters. The minimum Gasteiger partial charge on any atom is -0.353 e. The highest BCUT2D eigenvalue weighted by Gasteiger charge is 2.21. The number of rotatable bonds is 3. The zero-order chi connectivity index (χ0) is 18.1. The van der Waals surface area contributed by atoms with Gasteiger partial charge in [-0.15, -0.1) is 0 Å². The SMILES string of the molecule is Cc1ccc2ncnc(N3CCN(Cc4c(F)cccc4Cl)CC3)c2c1. The fourth-order valence-electron chi connectivity index (χ4n) is 3.43. The minimum atomic E-state index is -0.239. The van der Waals surface area contributed by atoms with E-state index in [1.54, 1.807) is 18.5 Å². The number of aromatic nitrogens is 2. The van der Waals surface area contributed by atoms with Crippen molar-refractivity contribution in [2.45, 2.75) is 13.5 Å². The van der Waals surface area contributed by atoms with Gasteiger partial charge in [0.1, 0.15) is 18.0 Å². The van der Waals surface area contributed by atoms with E-state index in [4.69, 9.17) is 11.6 Å². The van der Waals surface area contributed by atoms with Gasteiger partial charge < -0.3 is 4.90 Å². The Hall–Kier alpha value is -2.24. The van der Waals surface area contributed by atoms with E-state index in [-0.39, 0.29) is 5.82 Å². The van der Waals surface area contributed by atoms with E-state index in [0.717, 1.165) is 42.9 Å². The lowest BCUT2D eigenvalue weighted by molar-refractivity contribution is 0.246. The zero-order valence-corrected chi connectivity index (χ0v) is 15.4. The van der Waals surface area contributed by atoms with Gasteiger partial charge in [-0.05, 0) is 31.2 Å². The van der Waals surface area contributed by atoms with Crippen LogP contribution in [0, 0.1) is 12.7 Å². The summed E-state index contributed by atoms with van der Waals surface area (Å²) in [6, 6.07) is 11.1. The van der Waals surface area contributed by atoms with Crippen LogP contribution < -0.4 is 4.90 Å². The summed E-state index contributed by atoms with van der Waals surface area (Å²) in [5.74, 6) is 0.736. The Labute approximate surface area is 157 Å². The number of benzene rings is 2. The van der Waals surface area contributed by atoms with Crippen molar-refractivity contribution in [1.82, 2.24) is 14.9 Å². The van der Waals surface area contributed by atoms with Crippen molar-refractivity contribution in [3.8, 4) is 0 Å². The molecule has 0 N–H and O–H groups in total. The largest absolute Gasteiger partial charge is 0.353 e. The van der Waals surface area contributed by atoms with Crippen molar-refractivity contribution in [3.63, 3.8) is 0 Å². The van der Waals surface area contributed by atoms with Gasteiger partial charge in [0, 0.05) is 48.7 Å². The molecule has 1 aromatic heterocycles. The average molecular weight is 371 g/mol. The predicted molar refractivity (Wildman–Crippen MR) is 103 cm³/mol. The van der Waals surface area contributed by atoms with Gasteiger partial charge in [0.2, 0.25) is 0 Å². The Bertz CT molecular complexity index is 918. The Morgan fingerprint density at radius 3 is 2.65 bits per heavy atom. The summed E-state index contributed by atoms with van der Waals surface area (Å²) in [5.41, 5.74) is 2.73. The van der Waals surface area contributed by atoms with E-state index in [1.807, 2.05) is 6.07 Å². The molecule has 26 heavy (non-hydrogen) atoms. The smallest absolute Gasteiger partial charge is 0.139 e. The standard InChI is InChI=1S/C20H20ClFN4/c1-14-5-6-19-15(11-14)20(24-13-23-19)26-9-7-25(8-10-26)12-16-17(21)3-2-4-18(16)22/h2-6,11,13H,7-10,12H2,1H3. The van der Waals surface area contributed by atoms with E-state index in [2.05, 4.69) is 38.8 Å². The van der Waals surface area contributed by atoms with Crippen LogP contribution in [-0.2, 0) is 6.54 Å².